The number of amidine groups is 1. The van der Waals surface area contributed by atoms with Crippen molar-refractivity contribution in [2.75, 3.05) is 72.3 Å². The predicted molar refractivity (Wildman–Crippen MR) is 187 cm³/mol. The van der Waals surface area contributed by atoms with Gasteiger partial charge in [0.2, 0.25) is 12.3 Å². The lowest BCUT2D eigenvalue weighted by molar-refractivity contribution is -0.126. The summed E-state index contributed by atoms with van der Waals surface area (Å²) >= 11 is 6.92. The Morgan fingerprint density at radius 3 is 2.60 bits per heavy atom. The number of anilines is 1. The molecule has 1 amide bonds. The van der Waals surface area contributed by atoms with E-state index >= 15 is 4.39 Å². The van der Waals surface area contributed by atoms with E-state index < -0.39 is 12.2 Å². The van der Waals surface area contributed by atoms with Crippen LogP contribution in [0.15, 0.2) is 59.6 Å². The summed E-state index contributed by atoms with van der Waals surface area (Å²) in [7, 11) is 6.04. The van der Waals surface area contributed by atoms with Gasteiger partial charge in [-0.05, 0) is 87.9 Å². The van der Waals surface area contributed by atoms with Gasteiger partial charge in [0.15, 0.2) is 5.82 Å². The Labute approximate surface area is 281 Å². The van der Waals surface area contributed by atoms with Crippen molar-refractivity contribution in [2.45, 2.75) is 38.1 Å². The minimum absolute atomic E-state index is 0.0241. The van der Waals surface area contributed by atoms with Crippen molar-refractivity contribution in [2.24, 2.45) is 4.99 Å². The van der Waals surface area contributed by atoms with Crippen LogP contribution in [0.4, 0.5) is 10.1 Å². The second kappa shape index (κ2) is 14.6. The lowest BCUT2D eigenvalue weighted by Gasteiger charge is -2.36. The number of amides is 1. The van der Waals surface area contributed by atoms with E-state index in [2.05, 4.69) is 22.2 Å². The number of carbonyl (C=O) groups excluding carboxylic acids is 1. The van der Waals surface area contributed by atoms with Crippen molar-refractivity contribution >= 4 is 39.8 Å². The Hall–Kier alpha value is -3.70. The van der Waals surface area contributed by atoms with Gasteiger partial charge in [-0.2, -0.15) is 0 Å². The number of aliphatic imine (C=N–C) groups is 1. The van der Waals surface area contributed by atoms with Crippen LogP contribution >= 0.6 is 11.6 Å². The number of phenols is 1. The highest BCUT2D eigenvalue weighted by Gasteiger charge is 2.32. The molecule has 9 nitrogen and oxygen atoms in total. The number of halogens is 2. The molecule has 0 aromatic heterocycles. The summed E-state index contributed by atoms with van der Waals surface area (Å²) in [5.74, 6) is 0.166. The molecule has 0 spiro atoms. The fourth-order valence-electron chi connectivity index (χ4n) is 6.77. The number of ether oxygens (including phenoxy) is 1. The summed E-state index contributed by atoms with van der Waals surface area (Å²) in [5, 5.41) is 15.6. The Balaban J connectivity index is 1.31. The number of nitrogens with zero attached hydrogens (tertiary/aromatic N) is 5. The average molecular weight is 663 g/mol. The zero-order valence-corrected chi connectivity index (χ0v) is 28.1. The first-order chi connectivity index (χ1) is 22.7. The highest BCUT2D eigenvalue weighted by molar-refractivity contribution is 6.34. The fourth-order valence-corrected chi connectivity index (χ4v) is 7.07. The molecule has 250 valence electrons. The Morgan fingerprint density at radius 1 is 1.11 bits per heavy atom. The largest absolute Gasteiger partial charge is 0.508 e. The number of likely N-dealkylation sites (tertiary alicyclic amines) is 1. The van der Waals surface area contributed by atoms with Crippen LogP contribution in [0.1, 0.15) is 31.2 Å². The number of aromatic hydroxyl groups is 1. The molecular formula is C36H44ClFN6O3. The molecule has 2 N–H and O–H groups in total. The van der Waals surface area contributed by atoms with Crippen molar-refractivity contribution in [1.29, 1.82) is 0 Å². The van der Waals surface area contributed by atoms with E-state index in [1.807, 2.05) is 54.2 Å². The molecule has 11 heteroatoms. The highest BCUT2D eigenvalue weighted by Crippen LogP contribution is 2.43. The van der Waals surface area contributed by atoms with Crippen molar-refractivity contribution in [3.05, 3.63) is 71.0 Å². The maximum atomic E-state index is 16.9. The van der Waals surface area contributed by atoms with Gasteiger partial charge in [0.1, 0.15) is 11.6 Å². The summed E-state index contributed by atoms with van der Waals surface area (Å²) in [5.41, 5.74) is 1.57. The second-order valence-corrected chi connectivity index (χ2v) is 13.3. The summed E-state index contributed by atoms with van der Waals surface area (Å²) in [4.78, 5) is 26.2. The summed E-state index contributed by atoms with van der Waals surface area (Å²) in [6, 6.07) is 12.8. The van der Waals surface area contributed by atoms with Gasteiger partial charge in [-0.25, -0.2) is 9.38 Å². The molecule has 1 unspecified atom stereocenters. The molecule has 3 aromatic carbocycles. The summed E-state index contributed by atoms with van der Waals surface area (Å²) < 4.78 is 23.2. The number of phenolic OH excluding ortho intramolecular Hbond substituents is 1. The van der Waals surface area contributed by atoms with Crippen LogP contribution in [0.2, 0.25) is 5.02 Å². The van der Waals surface area contributed by atoms with E-state index in [1.165, 1.54) is 0 Å². The first-order valence-electron chi connectivity index (χ1n) is 16.5. The SMILES string of the molecule is CN(C)C/C=C/C(=O)N1CCCN(C2=NC(OC[C@@H]3CCCN3C)Nc3c2cc(Cl)c(-c2cc(O)cc4ccccc24)c3F)CCC1. The zero-order valence-electron chi connectivity index (χ0n) is 27.4. The van der Waals surface area contributed by atoms with E-state index in [-0.39, 0.29) is 34.0 Å². The number of hydrogen-bond donors (Lipinski definition) is 2. The maximum absolute atomic E-state index is 16.9. The van der Waals surface area contributed by atoms with Crippen LogP contribution in [0, 0.1) is 5.82 Å². The van der Waals surface area contributed by atoms with E-state index in [0.29, 0.717) is 56.3 Å². The predicted octanol–water partition coefficient (Wildman–Crippen LogP) is 5.61. The molecule has 2 fully saturated rings. The van der Waals surface area contributed by atoms with Gasteiger partial charge in [-0.3, -0.25) is 4.79 Å². The van der Waals surface area contributed by atoms with Crippen molar-refractivity contribution in [3.8, 4) is 16.9 Å². The fraction of sp³-hybridized carbons (Fsp3) is 0.444. The molecule has 0 bridgehead atoms. The third kappa shape index (κ3) is 7.41. The molecule has 3 aromatic rings. The van der Waals surface area contributed by atoms with Crippen molar-refractivity contribution in [1.82, 2.24) is 19.6 Å². The number of benzene rings is 3. The maximum Gasteiger partial charge on any atom is 0.246 e. The van der Waals surface area contributed by atoms with Gasteiger partial charge in [0.25, 0.3) is 0 Å². The third-order valence-corrected chi connectivity index (χ3v) is 9.55. The Morgan fingerprint density at radius 2 is 1.87 bits per heavy atom. The third-order valence-electron chi connectivity index (χ3n) is 9.25. The first kappa shape index (κ1) is 33.2. The molecule has 0 aliphatic carbocycles. The van der Waals surface area contributed by atoms with Crippen molar-refractivity contribution < 1.29 is 19.0 Å². The lowest BCUT2D eigenvalue weighted by atomic mass is 9.94. The van der Waals surface area contributed by atoms with Gasteiger partial charge in [-0.15, -0.1) is 0 Å². The molecule has 3 heterocycles. The number of likely N-dealkylation sites (N-methyl/N-ethyl adjacent to an activating group) is 2. The smallest absolute Gasteiger partial charge is 0.246 e. The molecule has 47 heavy (non-hydrogen) atoms. The van der Waals surface area contributed by atoms with Gasteiger partial charge >= 0.3 is 0 Å². The Kier molecular flexibility index (Phi) is 10.3. The number of nitrogens with one attached hydrogen (secondary N) is 1. The van der Waals surface area contributed by atoms with Crippen LogP contribution in [0.5, 0.6) is 5.75 Å². The Bertz CT molecular complexity index is 1670. The zero-order chi connectivity index (χ0) is 33.1. The molecule has 0 radical (unpaired) electrons. The average Bonchev–Trinajstić information content (AvgIpc) is 3.44. The number of carbonyl (C=O) groups is 1. The van der Waals surface area contributed by atoms with Gasteiger partial charge in [0.05, 0.1) is 17.3 Å². The molecule has 3 aliphatic rings. The standard InChI is InChI=1S/C36H44ClFN6O3/c1-41(2)14-7-13-31(46)43-16-8-18-44(19-9-17-43)35-29-22-30(37)32(28-21-26(45)20-24-10-4-5-12-27(24)28)33(38)34(29)39-36(40-35)47-23-25-11-6-15-42(25)3/h4-5,7,10,12-13,20-22,25,36,39,45H,6,8-9,11,14-19,23H2,1-3H3/b13-7+/t25-,36?/m0/s1. The highest BCUT2D eigenvalue weighted by atomic mass is 35.5. The summed E-state index contributed by atoms with van der Waals surface area (Å²) in [6.45, 7) is 4.72. The second-order valence-electron chi connectivity index (χ2n) is 12.9. The first-order valence-corrected chi connectivity index (χ1v) is 16.8. The van der Waals surface area contributed by atoms with Crippen LogP contribution in [0.3, 0.4) is 0 Å². The van der Waals surface area contributed by atoms with Gasteiger partial charge in [-0.1, -0.05) is 41.9 Å². The number of fused-ring (bicyclic) bond motifs is 2. The summed E-state index contributed by atoms with van der Waals surface area (Å²) in [6.07, 6.45) is 6.39. The molecular weight excluding hydrogens is 619 g/mol. The van der Waals surface area contributed by atoms with Crippen molar-refractivity contribution in [3.63, 3.8) is 0 Å². The van der Waals surface area contributed by atoms with Gasteiger partial charge < -0.3 is 34.8 Å². The van der Waals surface area contributed by atoms with E-state index in [0.717, 1.165) is 43.0 Å². The lowest BCUT2D eigenvalue weighted by Crippen LogP contribution is -2.44. The molecule has 2 atom stereocenters. The van der Waals surface area contributed by atoms with Crippen LogP contribution in [0.25, 0.3) is 21.9 Å². The molecule has 3 aliphatic heterocycles. The van der Waals surface area contributed by atoms with E-state index in [9.17, 15) is 9.90 Å². The minimum atomic E-state index is -0.790. The number of hydrogen-bond acceptors (Lipinski definition) is 8. The molecule has 6 rings (SSSR count). The monoisotopic (exact) mass is 662 g/mol. The quantitative estimate of drug-likeness (QED) is 0.318. The minimum Gasteiger partial charge on any atom is -0.508 e. The van der Waals surface area contributed by atoms with Crippen LogP contribution in [-0.4, -0.2) is 116 Å². The van der Waals surface area contributed by atoms with Crippen LogP contribution < -0.4 is 5.32 Å². The normalized spacial score (nSPS) is 20.8. The van der Waals surface area contributed by atoms with E-state index in [1.54, 1.807) is 24.3 Å². The van der Waals surface area contributed by atoms with Gasteiger partial charge in [0, 0.05) is 56.0 Å². The molecule has 0 saturated carbocycles. The van der Waals surface area contributed by atoms with Crippen LogP contribution in [-0.2, 0) is 9.53 Å². The van der Waals surface area contributed by atoms with E-state index in [4.69, 9.17) is 21.3 Å². The topological polar surface area (TPSA) is 83.9 Å². The number of rotatable bonds is 7. The molecule has 2 saturated heterocycles.